The van der Waals surface area contributed by atoms with Gasteiger partial charge in [0.25, 0.3) is 0 Å². The number of pyridine rings is 2. The molecule has 29 heavy (non-hydrogen) atoms. The van der Waals surface area contributed by atoms with E-state index in [1.807, 2.05) is 43.6 Å². The Kier molecular flexibility index (Phi) is 4.66. The van der Waals surface area contributed by atoms with Gasteiger partial charge in [0.05, 0.1) is 5.52 Å². The molecule has 0 N–H and O–H groups in total. The summed E-state index contributed by atoms with van der Waals surface area (Å²) in [7, 11) is 0. The lowest BCUT2D eigenvalue weighted by molar-refractivity contribution is -0.120. The largest absolute Gasteiger partial charge is 0.299 e. The van der Waals surface area contributed by atoms with Gasteiger partial charge in [0.2, 0.25) is 0 Å². The Hall–Kier alpha value is -2.26. The van der Waals surface area contributed by atoms with Gasteiger partial charge in [-0.05, 0) is 85.8 Å². The minimum absolute atomic E-state index is 0.248. The summed E-state index contributed by atoms with van der Waals surface area (Å²) < 4.78 is 0. The Labute approximate surface area is 176 Å². The van der Waals surface area contributed by atoms with Crippen LogP contribution in [0.4, 0.5) is 0 Å². The van der Waals surface area contributed by atoms with E-state index in [2.05, 4.69) is 22.1 Å². The number of aromatic nitrogens is 2. The van der Waals surface area contributed by atoms with Crippen LogP contribution in [0.1, 0.15) is 54.8 Å². The maximum atomic E-state index is 12.8. The van der Waals surface area contributed by atoms with Gasteiger partial charge in [-0.15, -0.1) is 0 Å². The number of nitrogens with zero attached hydrogens (tertiary/aromatic N) is 2. The predicted molar refractivity (Wildman–Crippen MR) is 116 cm³/mol. The fourth-order valence-corrected chi connectivity index (χ4v) is 5.43. The van der Waals surface area contributed by atoms with E-state index in [4.69, 9.17) is 11.6 Å². The van der Waals surface area contributed by atoms with E-state index < -0.39 is 0 Å². The first-order valence-corrected chi connectivity index (χ1v) is 10.9. The Morgan fingerprint density at radius 1 is 1.14 bits per heavy atom. The average molecular weight is 405 g/mol. The van der Waals surface area contributed by atoms with Crippen molar-refractivity contribution in [1.29, 1.82) is 0 Å². The van der Waals surface area contributed by atoms with Gasteiger partial charge in [-0.2, -0.15) is 0 Å². The summed E-state index contributed by atoms with van der Waals surface area (Å²) in [5, 5.41) is 1.90. The lowest BCUT2D eigenvalue weighted by Gasteiger charge is -2.30. The molecule has 3 aromatic rings. The number of hydrogen-bond acceptors (Lipinski definition) is 3. The molecule has 1 aromatic carbocycles. The molecule has 1 spiro atoms. The highest BCUT2D eigenvalue weighted by atomic mass is 35.5. The van der Waals surface area contributed by atoms with Crippen molar-refractivity contribution in [2.24, 2.45) is 11.3 Å². The molecule has 0 unspecified atom stereocenters. The van der Waals surface area contributed by atoms with Gasteiger partial charge in [-0.3, -0.25) is 14.8 Å². The van der Waals surface area contributed by atoms with Crippen molar-refractivity contribution in [3.63, 3.8) is 0 Å². The lowest BCUT2D eigenvalue weighted by atomic mass is 9.75. The molecule has 0 bridgehead atoms. The Balaban J connectivity index is 1.26. The fraction of sp³-hybridized carbons (Fsp3) is 0.400. The molecule has 2 aromatic heterocycles. The Morgan fingerprint density at radius 2 is 1.90 bits per heavy atom. The van der Waals surface area contributed by atoms with Crippen LogP contribution in [0.2, 0.25) is 5.02 Å². The van der Waals surface area contributed by atoms with Crippen LogP contribution in [0.3, 0.4) is 0 Å². The van der Waals surface area contributed by atoms with Crippen molar-refractivity contribution in [3.05, 3.63) is 70.6 Å². The molecule has 2 saturated carbocycles. The van der Waals surface area contributed by atoms with Crippen LogP contribution in [0.5, 0.6) is 0 Å². The average Bonchev–Trinajstić information content (AvgIpc) is 3.43. The third-order valence-corrected chi connectivity index (χ3v) is 7.34. The first kappa shape index (κ1) is 18.7. The van der Waals surface area contributed by atoms with E-state index in [1.54, 1.807) is 0 Å². The lowest BCUT2D eigenvalue weighted by Crippen LogP contribution is -2.20. The van der Waals surface area contributed by atoms with Crippen molar-refractivity contribution in [1.82, 2.24) is 9.97 Å². The van der Waals surface area contributed by atoms with Crippen LogP contribution in [-0.4, -0.2) is 15.8 Å². The summed E-state index contributed by atoms with van der Waals surface area (Å²) in [5.74, 6) is 1.20. The van der Waals surface area contributed by atoms with E-state index in [9.17, 15) is 4.79 Å². The third kappa shape index (κ3) is 3.57. The molecule has 4 heteroatoms. The Bertz CT molecular complexity index is 1070. The van der Waals surface area contributed by atoms with Crippen molar-refractivity contribution in [3.8, 4) is 0 Å². The Morgan fingerprint density at radius 3 is 2.66 bits per heavy atom. The van der Waals surface area contributed by atoms with E-state index in [0.29, 0.717) is 18.1 Å². The molecule has 148 valence electrons. The molecule has 2 aliphatic rings. The third-order valence-electron chi connectivity index (χ3n) is 7.09. The molecule has 1 atom stereocenters. The number of halogens is 1. The van der Waals surface area contributed by atoms with Gasteiger partial charge in [-0.1, -0.05) is 23.7 Å². The topological polar surface area (TPSA) is 42.9 Å². The number of rotatable bonds is 4. The molecule has 2 aliphatic carbocycles. The number of Topliss-reactive ketones (excluding diaryl/α,β-unsaturated/α-hetero) is 1. The predicted octanol–water partition coefficient (Wildman–Crippen LogP) is 6.07. The quantitative estimate of drug-likeness (QED) is 0.530. The molecule has 3 nitrogen and oxygen atoms in total. The number of fused-ring (bicyclic) bond motifs is 1. The van der Waals surface area contributed by atoms with Gasteiger partial charge >= 0.3 is 0 Å². The van der Waals surface area contributed by atoms with E-state index in [-0.39, 0.29) is 11.3 Å². The van der Waals surface area contributed by atoms with E-state index >= 15 is 0 Å². The summed E-state index contributed by atoms with van der Waals surface area (Å²) in [6.07, 6.45) is 10.1. The maximum Gasteiger partial charge on any atom is 0.140 e. The van der Waals surface area contributed by atoms with E-state index in [1.165, 1.54) is 10.9 Å². The van der Waals surface area contributed by atoms with Crippen LogP contribution in [0.15, 0.2) is 48.8 Å². The highest BCUT2D eigenvalue weighted by molar-refractivity contribution is 6.30. The second-order valence-electron chi connectivity index (χ2n) is 8.91. The normalized spacial score (nSPS) is 26.0. The van der Waals surface area contributed by atoms with Crippen molar-refractivity contribution in [2.45, 2.75) is 51.4 Å². The zero-order chi connectivity index (χ0) is 20.0. The van der Waals surface area contributed by atoms with Gasteiger partial charge in [-0.25, -0.2) is 0 Å². The summed E-state index contributed by atoms with van der Waals surface area (Å²) in [5.41, 5.74) is 4.75. The van der Waals surface area contributed by atoms with Gasteiger partial charge in [0.15, 0.2) is 0 Å². The van der Waals surface area contributed by atoms with Crippen LogP contribution in [-0.2, 0) is 11.2 Å². The second kappa shape index (κ2) is 7.21. The molecule has 0 saturated heterocycles. The summed E-state index contributed by atoms with van der Waals surface area (Å²) in [6.45, 7) is 2.01. The molecule has 2 heterocycles. The number of aryl methyl sites for hydroxylation is 1. The molecule has 0 radical (unpaired) electrons. The van der Waals surface area contributed by atoms with Crippen LogP contribution >= 0.6 is 11.6 Å². The van der Waals surface area contributed by atoms with Crippen LogP contribution in [0, 0.1) is 18.3 Å². The second-order valence-corrected chi connectivity index (χ2v) is 9.34. The number of benzene rings is 1. The first-order valence-electron chi connectivity index (χ1n) is 10.5. The zero-order valence-corrected chi connectivity index (χ0v) is 17.5. The molecule has 0 amide bonds. The molecule has 0 aliphatic heterocycles. The van der Waals surface area contributed by atoms with Crippen molar-refractivity contribution < 1.29 is 4.79 Å². The molecular formula is C25H25ClN2O. The molecule has 5 rings (SSSR count). The van der Waals surface area contributed by atoms with Crippen molar-refractivity contribution >= 4 is 28.3 Å². The fourth-order valence-electron chi connectivity index (χ4n) is 5.30. The standard InChI is InChI=1S/C25H25ClN2O/c1-16-12-23-21(15-28-16)20(8-11-27-23)18-6-9-25(10-7-18)14-22(25)24(29)13-17-2-4-19(26)5-3-17/h2-5,8,11-12,15,18,22H,6-7,9-10,13-14H2,1H3/t18?,22-,25?/m1/s1. The summed E-state index contributed by atoms with van der Waals surface area (Å²) >= 11 is 5.96. The minimum Gasteiger partial charge on any atom is -0.299 e. The van der Waals surface area contributed by atoms with Gasteiger partial charge in [0, 0.05) is 40.8 Å². The molecular weight excluding hydrogens is 380 g/mol. The number of hydrogen-bond donors (Lipinski definition) is 0. The van der Waals surface area contributed by atoms with Crippen molar-refractivity contribution in [2.75, 3.05) is 0 Å². The highest BCUT2D eigenvalue weighted by Gasteiger charge is 2.57. The number of ketones is 1. The molecule has 2 fully saturated rings. The van der Waals surface area contributed by atoms with Gasteiger partial charge < -0.3 is 0 Å². The first-order chi connectivity index (χ1) is 14.0. The maximum absolute atomic E-state index is 12.8. The summed E-state index contributed by atoms with van der Waals surface area (Å²) in [6, 6.07) is 11.9. The number of carbonyl (C=O) groups is 1. The SMILES string of the molecule is Cc1cc2nccc(C3CCC4(CC3)C[C@@H]4C(=O)Cc3ccc(Cl)cc3)c2cn1. The summed E-state index contributed by atoms with van der Waals surface area (Å²) in [4.78, 5) is 21.9. The van der Waals surface area contributed by atoms with Crippen LogP contribution in [0.25, 0.3) is 10.9 Å². The zero-order valence-electron chi connectivity index (χ0n) is 16.7. The van der Waals surface area contributed by atoms with Crippen LogP contribution < -0.4 is 0 Å². The number of carbonyl (C=O) groups excluding carboxylic acids is 1. The highest BCUT2D eigenvalue weighted by Crippen LogP contribution is 2.63. The minimum atomic E-state index is 0.248. The van der Waals surface area contributed by atoms with E-state index in [0.717, 1.165) is 53.9 Å². The monoisotopic (exact) mass is 404 g/mol. The van der Waals surface area contributed by atoms with Gasteiger partial charge in [0.1, 0.15) is 5.78 Å². The smallest absolute Gasteiger partial charge is 0.140 e.